The summed E-state index contributed by atoms with van der Waals surface area (Å²) >= 11 is 0. The molecule has 12 aliphatic carbocycles. The molecule has 24 heavy (non-hydrogen) atoms. The van der Waals surface area contributed by atoms with E-state index in [4.69, 9.17) is 4.74 Å². The molecule has 0 spiro atoms. The summed E-state index contributed by atoms with van der Waals surface area (Å²) in [4.78, 5) is 13.5. The number of esters is 1. The van der Waals surface area contributed by atoms with Crippen LogP contribution in [-0.2, 0) is 9.53 Å². The van der Waals surface area contributed by atoms with Crippen LogP contribution in [-0.4, -0.2) is 13.1 Å². The Morgan fingerprint density at radius 3 is 1.04 bits per heavy atom. The zero-order chi connectivity index (χ0) is 14.8. The molecule has 12 fully saturated rings. The molecule has 0 heterocycles. The van der Waals surface area contributed by atoms with Gasteiger partial charge in [-0.15, -0.1) is 0 Å². The van der Waals surface area contributed by atoms with Gasteiger partial charge in [-0.1, -0.05) is 0 Å². The average Bonchev–Trinajstić information content (AvgIpc) is 3.24. The van der Waals surface area contributed by atoms with E-state index in [1.54, 1.807) is 7.11 Å². The molecule has 12 rings (SSSR count). The normalized spacial score (nSPS) is 94.8. The molecule has 12 aliphatic rings. The standard InChI is InChI=1S/C22H22O2/c1-24-21(23)22-18-12-6-3-2-4-8(6)14(18)16-10(4)11-5(2)9-7(3)13(12)19(22)15(9)17(11)20(16)22/h2-20H,1H3/t2?,3?,4?,5?,6-,7-,8-,9+,10+,11+,12-,13+,14-,15+,16+,17-,18?,19?,20?,22?/m0/s1. The van der Waals surface area contributed by atoms with Gasteiger partial charge < -0.3 is 4.74 Å². The lowest BCUT2D eigenvalue weighted by Gasteiger charge is -2.37. The third kappa shape index (κ3) is 0.505. The Bertz CT molecular complexity index is 716. The summed E-state index contributed by atoms with van der Waals surface area (Å²) in [5.74, 6) is 19.9. The highest BCUT2D eigenvalue weighted by molar-refractivity contribution is 5.82. The second kappa shape index (κ2) is 2.34. The zero-order valence-corrected chi connectivity index (χ0v) is 13.8. The summed E-state index contributed by atoms with van der Waals surface area (Å²) in [5.41, 5.74) is 0.0484. The van der Waals surface area contributed by atoms with Crippen molar-refractivity contribution in [2.24, 2.45) is 118 Å². The minimum Gasteiger partial charge on any atom is -0.469 e. The summed E-state index contributed by atoms with van der Waals surface area (Å²) in [6.07, 6.45) is 0. The van der Waals surface area contributed by atoms with Crippen LogP contribution in [0.25, 0.3) is 0 Å². The maximum atomic E-state index is 13.5. The van der Waals surface area contributed by atoms with Crippen molar-refractivity contribution in [1.82, 2.24) is 0 Å². The predicted molar refractivity (Wildman–Crippen MR) is 80.8 cm³/mol. The highest BCUT2D eigenvalue weighted by Gasteiger charge is 3.03. The highest BCUT2D eigenvalue weighted by atomic mass is 16.5. The summed E-state index contributed by atoms with van der Waals surface area (Å²) in [7, 11) is 1.71. The zero-order valence-electron chi connectivity index (χ0n) is 13.8. The molecule has 2 heteroatoms. The second-order valence-electron chi connectivity index (χ2n) is 12.2. The van der Waals surface area contributed by atoms with E-state index in [0.717, 1.165) is 107 Å². The fourth-order valence-corrected chi connectivity index (χ4v) is 16.0. The van der Waals surface area contributed by atoms with E-state index >= 15 is 0 Å². The largest absolute Gasteiger partial charge is 0.469 e. The first-order valence-corrected chi connectivity index (χ1v) is 10.9. The maximum absolute atomic E-state index is 13.5. The molecule has 8 unspecified atom stereocenters. The maximum Gasteiger partial charge on any atom is 0.312 e. The molecule has 12 saturated carbocycles. The molecular formula is C22H22O2. The number of rotatable bonds is 1. The van der Waals surface area contributed by atoms with Gasteiger partial charge in [0, 0.05) is 0 Å². The Morgan fingerprint density at radius 2 is 0.792 bits per heavy atom. The van der Waals surface area contributed by atoms with Crippen LogP contribution in [0.3, 0.4) is 0 Å². The van der Waals surface area contributed by atoms with Gasteiger partial charge in [-0.3, -0.25) is 4.79 Å². The Labute approximate surface area is 141 Å². The second-order valence-corrected chi connectivity index (χ2v) is 12.2. The van der Waals surface area contributed by atoms with E-state index in [1.807, 2.05) is 0 Å². The first-order valence-electron chi connectivity index (χ1n) is 10.9. The van der Waals surface area contributed by atoms with Crippen molar-refractivity contribution in [2.75, 3.05) is 7.11 Å². The number of ether oxygens (including phenoxy) is 1. The van der Waals surface area contributed by atoms with Crippen LogP contribution in [0.5, 0.6) is 0 Å². The molecule has 0 aromatic rings. The summed E-state index contributed by atoms with van der Waals surface area (Å²) in [6.45, 7) is 0. The van der Waals surface area contributed by atoms with Crippen molar-refractivity contribution >= 4 is 5.97 Å². The Hall–Kier alpha value is -0.530. The van der Waals surface area contributed by atoms with Crippen molar-refractivity contribution in [1.29, 1.82) is 0 Å². The summed E-state index contributed by atoms with van der Waals surface area (Å²) in [5, 5.41) is 0. The Kier molecular flexibility index (Phi) is 1.03. The lowest BCUT2D eigenvalue weighted by molar-refractivity contribution is -0.160. The molecule has 0 aliphatic heterocycles. The lowest BCUT2D eigenvalue weighted by atomic mass is 9.66. The van der Waals surface area contributed by atoms with E-state index in [1.165, 1.54) is 5.92 Å². The van der Waals surface area contributed by atoms with Crippen molar-refractivity contribution in [3.8, 4) is 0 Å². The van der Waals surface area contributed by atoms with Crippen molar-refractivity contribution in [3.63, 3.8) is 0 Å². The van der Waals surface area contributed by atoms with Crippen LogP contribution < -0.4 is 0 Å². The number of methoxy groups -OCH3 is 1. The van der Waals surface area contributed by atoms with Gasteiger partial charge >= 0.3 is 5.97 Å². The molecule has 2 nitrogen and oxygen atoms in total. The van der Waals surface area contributed by atoms with Crippen molar-refractivity contribution in [2.45, 2.75) is 0 Å². The quantitative estimate of drug-likeness (QED) is 0.691. The van der Waals surface area contributed by atoms with Gasteiger partial charge in [0.2, 0.25) is 0 Å². The molecule has 0 amide bonds. The molecule has 0 saturated heterocycles. The molecule has 0 N–H and O–H groups in total. The monoisotopic (exact) mass is 318 g/mol. The predicted octanol–water partition coefficient (Wildman–Crippen LogP) is 2.00. The fraction of sp³-hybridized carbons (Fsp3) is 0.955. The highest BCUT2D eigenvalue weighted by Crippen LogP contribution is 3.04. The molecule has 0 aromatic carbocycles. The minimum absolute atomic E-state index is 0.0484. The van der Waals surface area contributed by atoms with Crippen molar-refractivity contribution in [3.05, 3.63) is 0 Å². The first-order chi connectivity index (χ1) is 11.8. The smallest absolute Gasteiger partial charge is 0.312 e. The topological polar surface area (TPSA) is 26.3 Å². The third-order valence-corrected chi connectivity index (χ3v) is 14.0. The van der Waals surface area contributed by atoms with Crippen LogP contribution in [0.1, 0.15) is 0 Å². The van der Waals surface area contributed by atoms with Gasteiger partial charge in [0.1, 0.15) is 0 Å². The lowest BCUT2D eigenvalue weighted by Crippen LogP contribution is -2.43. The average molecular weight is 318 g/mol. The third-order valence-electron chi connectivity index (χ3n) is 14.0. The number of hydrogen-bond acceptors (Lipinski definition) is 2. The van der Waals surface area contributed by atoms with Gasteiger partial charge in [-0.05, 0) is 112 Å². The molecular weight excluding hydrogens is 296 g/mol. The van der Waals surface area contributed by atoms with Crippen LogP contribution in [0.15, 0.2) is 0 Å². The number of hydrogen-bond donors (Lipinski definition) is 0. The molecule has 0 bridgehead atoms. The van der Waals surface area contributed by atoms with Gasteiger partial charge in [0.15, 0.2) is 0 Å². The summed E-state index contributed by atoms with van der Waals surface area (Å²) in [6, 6.07) is 0. The van der Waals surface area contributed by atoms with E-state index in [2.05, 4.69) is 0 Å². The van der Waals surface area contributed by atoms with Gasteiger partial charge in [0.25, 0.3) is 0 Å². The van der Waals surface area contributed by atoms with E-state index in [0.29, 0.717) is 5.97 Å². The minimum atomic E-state index is 0.0484. The van der Waals surface area contributed by atoms with E-state index < -0.39 is 0 Å². The van der Waals surface area contributed by atoms with Crippen LogP contribution >= 0.6 is 0 Å². The summed E-state index contributed by atoms with van der Waals surface area (Å²) < 4.78 is 5.65. The van der Waals surface area contributed by atoms with E-state index in [9.17, 15) is 4.79 Å². The van der Waals surface area contributed by atoms with Crippen LogP contribution in [0, 0.1) is 118 Å². The number of carbonyl (C=O) groups excluding carboxylic acids is 1. The van der Waals surface area contributed by atoms with Crippen LogP contribution in [0.2, 0.25) is 0 Å². The Morgan fingerprint density at radius 1 is 0.542 bits per heavy atom. The Balaban J connectivity index is 1.41. The molecule has 0 radical (unpaired) electrons. The molecule has 20 atom stereocenters. The SMILES string of the molecule is COC(=O)C12C3[C@@H]4[C@@H]5C6C7C8[C@@H]9[C@@H]6[C@@H]4C1[C@H]9[C@H]1C2[C@H]2[C@@H](C7[C@@H]5[C@@H]32)[C@H]81. The van der Waals surface area contributed by atoms with E-state index in [-0.39, 0.29) is 5.41 Å². The van der Waals surface area contributed by atoms with Crippen LogP contribution in [0.4, 0.5) is 0 Å². The fourth-order valence-electron chi connectivity index (χ4n) is 16.0. The van der Waals surface area contributed by atoms with Gasteiger partial charge in [-0.2, -0.15) is 0 Å². The number of carbonyl (C=O) groups is 1. The van der Waals surface area contributed by atoms with Gasteiger partial charge in [0.05, 0.1) is 12.5 Å². The molecule has 122 valence electrons. The van der Waals surface area contributed by atoms with Gasteiger partial charge in [-0.25, -0.2) is 0 Å². The molecule has 0 aromatic heterocycles. The first kappa shape index (κ1) is 10.6. The van der Waals surface area contributed by atoms with Crippen molar-refractivity contribution < 1.29 is 9.53 Å².